The van der Waals surface area contributed by atoms with Crippen LogP contribution in [-0.2, 0) is 6.54 Å². The number of para-hydroxylation sites is 1. The molecule has 0 amide bonds. The quantitative estimate of drug-likeness (QED) is 0.632. The van der Waals surface area contributed by atoms with Crippen LogP contribution in [0.1, 0.15) is 56.2 Å². The van der Waals surface area contributed by atoms with Crippen LogP contribution in [0.2, 0.25) is 5.02 Å². The predicted molar refractivity (Wildman–Crippen MR) is 109 cm³/mol. The highest BCUT2D eigenvalue weighted by molar-refractivity contribution is 7.80. The van der Waals surface area contributed by atoms with Gasteiger partial charge < -0.3 is 10.6 Å². The summed E-state index contributed by atoms with van der Waals surface area (Å²) in [7, 11) is 0. The topological polar surface area (TPSA) is 24.1 Å². The SMILES string of the molecule is CC(C)c1cccc(C(C)C)c1NC(=S)NCc1ccc(Cl)cc1. The highest BCUT2D eigenvalue weighted by Gasteiger charge is 2.14. The molecule has 24 heavy (non-hydrogen) atoms. The molecule has 0 heterocycles. The Labute approximate surface area is 155 Å². The maximum atomic E-state index is 5.92. The van der Waals surface area contributed by atoms with Crippen LogP contribution in [0.25, 0.3) is 0 Å². The molecule has 0 atom stereocenters. The third-order valence-electron chi connectivity index (χ3n) is 3.98. The summed E-state index contributed by atoms with van der Waals surface area (Å²) in [6, 6.07) is 14.2. The van der Waals surface area contributed by atoms with Gasteiger partial charge in [0.05, 0.1) is 0 Å². The Bertz CT molecular complexity index is 667. The van der Waals surface area contributed by atoms with Gasteiger partial charge in [0.2, 0.25) is 0 Å². The molecule has 0 fully saturated rings. The first-order chi connectivity index (χ1) is 11.4. The second-order valence-electron chi connectivity index (χ2n) is 6.56. The molecule has 0 saturated carbocycles. The molecule has 0 aromatic heterocycles. The fourth-order valence-corrected chi connectivity index (χ4v) is 2.94. The number of halogens is 1. The van der Waals surface area contributed by atoms with Crippen LogP contribution in [0.15, 0.2) is 42.5 Å². The molecule has 0 aliphatic heterocycles. The molecule has 0 unspecified atom stereocenters. The van der Waals surface area contributed by atoms with Crippen LogP contribution in [0.4, 0.5) is 5.69 Å². The van der Waals surface area contributed by atoms with Crippen LogP contribution in [0.5, 0.6) is 0 Å². The summed E-state index contributed by atoms with van der Waals surface area (Å²) in [5.41, 5.74) is 4.86. The second-order valence-corrected chi connectivity index (χ2v) is 7.40. The lowest BCUT2D eigenvalue weighted by Gasteiger charge is -2.21. The van der Waals surface area contributed by atoms with Crippen molar-refractivity contribution in [3.05, 3.63) is 64.2 Å². The van der Waals surface area contributed by atoms with Crippen molar-refractivity contribution in [3.63, 3.8) is 0 Å². The molecule has 0 aliphatic carbocycles. The Hall–Kier alpha value is -1.58. The number of hydrogen-bond donors (Lipinski definition) is 2. The van der Waals surface area contributed by atoms with Gasteiger partial charge in [-0.15, -0.1) is 0 Å². The van der Waals surface area contributed by atoms with Gasteiger partial charge in [-0.1, -0.05) is 69.6 Å². The fraction of sp³-hybridized carbons (Fsp3) is 0.350. The molecule has 2 aromatic rings. The van der Waals surface area contributed by atoms with E-state index in [9.17, 15) is 0 Å². The first-order valence-electron chi connectivity index (χ1n) is 8.30. The van der Waals surface area contributed by atoms with E-state index in [2.05, 4.69) is 56.5 Å². The number of rotatable bonds is 5. The smallest absolute Gasteiger partial charge is 0.171 e. The predicted octanol–water partition coefficient (Wildman–Crippen LogP) is 6.07. The third-order valence-corrected chi connectivity index (χ3v) is 4.48. The number of thiocarbonyl (C=S) groups is 1. The van der Waals surface area contributed by atoms with Gasteiger partial charge in [-0.05, 0) is 52.9 Å². The summed E-state index contributed by atoms with van der Waals surface area (Å²) in [6.45, 7) is 9.48. The summed E-state index contributed by atoms with van der Waals surface area (Å²) >= 11 is 11.4. The molecule has 0 saturated heterocycles. The molecule has 0 radical (unpaired) electrons. The van der Waals surface area contributed by atoms with Crippen molar-refractivity contribution >= 4 is 34.6 Å². The van der Waals surface area contributed by atoms with E-state index in [-0.39, 0.29) is 0 Å². The maximum absolute atomic E-state index is 5.92. The van der Waals surface area contributed by atoms with Crippen molar-refractivity contribution in [3.8, 4) is 0 Å². The van der Waals surface area contributed by atoms with Crippen LogP contribution < -0.4 is 10.6 Å². The van der Waals surface area contributed by atoms with Crippen LogP contribution in [0.3, 0.4) is 0 Å². The molecule has 0 spiro atoms. The van der Waals surface area contributed by atoms with E-state index >= 15 is 0 Å². The van der Waals surface area contributed by atoms with E-state index in [1.807, 2.05) is 24.3 Å². The van der Waals surface area contributed by atoms with Crippen molar-refractivity contribution in [2.45, 2.75) is 46.1 Å². The lowest BCUT2D eigenvalue weighted by molar-refractivity contribution is 0.837. The minimum atomic E-state index is 0.435. The first kappa shape index (κ1) is 18.8. The minimum Gasteiger partial charge on any atom is -0.358 e. The summed E-state index contributed by atoms with van der Waals surface area (Å²) in [6.07, 6.45) is 0. The summed E-state index contributed by atoms with van der Waals surface area (Å²) in [5, 5.41) is 8.08. The number of nitrogens with one attached hydrogen (secondary N) is 2. The second kappa shape index (κ2) is 8.50. The molecular weight excluding hydrogens is 336 g/mol. The van der Waals surface area contributed by atoms with Gasteiger partial charge in [-0.2, -0.15) is 0 Å². The van der Waals surface area contributed by atoms with Gasteiger partial charge in [0.25, 0.3) is 0 Å². The zero-order valence-corrected chi connectivity index (χ0v) is 16.3. The molecule has 0 bridgehead atoms. The van der Waals surface area contributed by atoms with Crippen molar-refractivity contribution in [2.75, 3.05) is 5.32 Å². The lowest BCUT2D eigenvalue weighted by atomic mass is 9.93. The summed E-state index contributed by atoms with van der Waals surface area (Å²) in [4.78, 5) is 0. The Kier molecular flexibility index (Phi) is 6.64. The Morgan fingerprint density at radius 3 is 2.00 bits per heavy atom. The normalized spacial score (nSPS) is 11.0. The molecule has 2 aromatic carbocycles. The van der Waals surface area contributed by atoms with Crippen LogP contribution >= 0.6 is 23.8 Å². The maximum Gasteiger partial charge on any atom is 0.171 e. The molecule has 2 N–H and O–H groups in total. The van der Waals surface area contributed by atoms with Crippen LogP contribution in [-0.4, -0.2) is 5.11 Å². The van der Waals surface area contributed by atoms with Crippen molar-refractivity contribution in [2.24, 2.45) is 0 Å². The lowest BCUT2D eigenvalue weighted by Crippen LogP contribution is -2.29. The molecule has 2 rings (SSSR count). The highest BCUT2D eigenvalue weighted by atomic mass is 35.5. The minimum absolute atomic E-state index is 0.435. The fourth-order valence-electron chi connectivity index (χ4n) is 2.64. The largest absolute Gasteiger partial charge is 0.358 e. The molecular formula is C20H25ClN2S. The number of anilines is 1. The van der Waals surface area contributed by atoms with E-state index in [1.54, 1.807) is 0 Å². The van der Waals surface area contributed by atoms with Gasteiger partial charge >= 0.3 is 0 Å². The molecule has 4 heteroatoms. The van der Waals surface area contributed by atoms with E-state index in [4.69, 9.17) is 23.8 Å². The van der Waals surface area contributed by atoms with Gasteiger partial charge in [-0.3, -0.25) is 0 Å². The summed E-state index contributed by atoms with van der Waals surface area (Å²) in [5.74, 6) is 0.871. The molecule has 128 valence electrons. The average Bonchev–Trinajstić information content (AvgIpc) is 2.54. The Balaban J connectivity index is 2.11. The molecule has 0 aliphatic rings. The van der Waals surface area contributed by atoms with E-state index in [0.29, 0.717) is 23.5 Å². The standard InChI is InChI=1S/C20H25ClN2S/c1-13(2)17-6-5-7-18(14(3)4)19(17)23-20(24)22-12-15-8-10-16(21)11-9-15/h5-11,13-14H,12H2,1-4H3,(H2,22,23,24). The zero-order chi connectivity index (χ0) is 17.7. The third kappa shape index (κ3) is 4.96. The van der Waals surface area contributed by atoms with Crippen LogP contribution in [0, 0.1) is 0 Å². The summed E-state index contributed by atoms with van der Waals surface area (Å²) < 4.78 is 0. The Morgan fingerprint density at radius 1 is 0.958 bits per heavy atom. The van der Waals surface area contributed by atoms with Crippen molar-refractivity contribution in [1.82, 2.24) is 5.32 Å². The average molecular weight is 361 g/mol. The van der Waals surface area contributed by atoms with E-state index in [0.717, 1.165) is 16.3 Å². The van der Waals surface area contributed by atoms with Gasteiger partial charge in [0.1, 0.15) is 0 Å². The Morgan fingerprint density at radius 2 is 1.50 bits per heavy atom. The monoisotopic (exact) mass is 360 g/mol. The van der Waals surface area contributed by atoms with Gasteiger partial charge in [0, 0.05) is 17.3 Å². The van der Waals surface area contributed by atoms with Crippen molar-refractivity contribution < 1.29 is 0 Å². The molecule has 2 nitrogen and oxygen atoms in total. The first-order valence-corrected chi connectivity index (χ1v) is 9.09. The zero-order valence-electron chi connectivity index (χ0n) is 14.7. The van der Waals surface area contributed by atoms with Crippen molar-refractivity contribution in [1.29, 1.82) is 0 Å². The highest BCUT2D eigenvalue weighted by Crippen LogP contribution is 2.32. The van der Waals surface area contributed by atoms with Gasteiger partial charge in [0.15, 0.2) is 5.11 Å². The number of benzene rings is 2. The number of hydrogen-bond acceptors (Lipinski definition) is 1. The van der Waals surface area contributed by atoms with E-state index < -0.39 is 0 Å². The van der Waals surface area contributed by atoms with E-state index in [1.165, 1.54) is 11.1 Å². The van der Waals surface area contributed by atoms with Gasteiger partial charge in [-0.25, -0.2) is 0 Å².